The number of amides is 1. The molecule has 2 aromatic carbocycles. The van der Waals surface area contributed by atoms with E-state index in [-0.39, 0.29) is 12.5 Å². The molecule has 10 heteroatoms. The predicted octanol–water partition coefficient (Wildman–Crippen LogP) is 3.68. The number of fused-ring (bicyclic) bond motifs is 1. The number of ether oxygens (including phenoxy) is 2. The summed E-state index contributed by atoms with van der Waals surface area (Å²) < 4.78 is 14.8. The summed E-state index contributed by atoms with van der Waals surface area (Å²) >= 11 is 0. The minimum atomic E-state index is -0.188. The molecule has 2 N–H and O–H groups in total. The number of likely N-dealkylation sites (N-methyl/N-ethyl adjacent to an activating group) is 1. The van der Waals surface area contributed by atoms with Gasteiger partial charge in [0, 0.05) is 36.3 Å². The van der Waals surface area contributed by atoms with Crippen LogP contribution in [0.5, 0.6) is 11.5 Å². The van der Waals surface area contributed by atoms with Crippen LogP contribution in [0.15, 0.2) is 42.6 Å². The van der Waals surface area contributed by atoms with E-state index in [2.05, 4.69) is 39.7 Å². The molecule has 0 aliphatic carbocycles. The van der Waals surface area contributed by atoms with Gasteiger partial charge in [-0.25, -0.2) is 4.68 Å². The molecule has 4 aromatic rings. The van der Waals surface area contributed by atoms with Gasteiger partial charge in [0.25, 0.3) is 5.91 Å². The van der Waals surface area contributed by atoms with Gasteiger partial charge in [0.05, 0.1) is 18.8 Å². The Morgan fingerprint density at radius 1 is 1.15 bits per heavy atom. The molecule has 4 rings (SSSR count). The van der Waals surface area contributed by atoms with Crippen LogP contribution in [-0.2, 0) is 11.8 Å². The van der Waals surface area contributed by atoms with Crippen molar-refractivity contribution in [3.8, 4) is 22.9 Å². The highest BCUT2D eigenvalue weighted by atomic mass is 16.5. The lowest BCUT2D eigenvalue weighted by Crippen LogP contribution is -2.28. The first-order chi connectivity index (χ1) is 16.4. The standard InChI is InChI=1S/C24H29N7O3/c1-6-25-22(32)14-34-20-10-7-16(12-21(20)33-5)23-28-24(29-30(23)4)27-18-8-9-19-17(11-18)13-26-31(19)15(2)3/h7-13,15H,6,14H2,1-5H3,(H,25,32)(H,27,29). The summed E-state index contributed by atoms with van der Waals surface area (Å²) in [5.41, 5.74) is 2.76. The van der Waals surface area contributed by atoms with Crippen LogP contribution in [0.3, 0.4) is 0 Å². The van der Waals surface area contributed by atoms with E-state index in [1.165, 1.54) is 0 Å². The minimum absolute atomic E-state index is 0.0814. The van der Waals surface area contributed by atoms with E-state index in [0.29, 0.717) is 35.9 Å². The Labute approximate surface area is 197 Å². The SMILES string of the molecule is CCNC(=O)COc1ccc(-c2nc(Nc3ccc4c(cnn4C(C)C)c3)nn2C)cc1OC. The third-order valence-electron chi connectivity index (χ3n) is 5.26. The first-order valence-electron chi connectivity index (χ1n) is 11.1. The highest BCUT2D eigenvalue weighted by Gasteiger charge is 2.15. The molecule has 0 saturated heterocycles. The number of rotatable bonds is 9. The molecule has 0 radical (unpaired) electrons. The van der Waals surface area contributed by atoms with Crippen molar-refractivity contribution in [3.63, 3.8) is 0 Å². The summed E-state index contributed by atoms with van der Waals surface area (Å²) in [7, 11) is 3.38. The van der Waals surface area contributed by atoms with Gasteiger partial charge in [-0.1, -0.05) is 0 Å². The summed E-state index contributed by atoms with van der Waals surface area (Å²) in [6.45, 7) is 6.54. The highest BCUT2D eigenvalue weighted by molar-refractivity contribution is 5.83. The fourth-order valence-corrected chi connectivity index (χ4v) is 3.68. The number of carbonyl (C=O) groups is 1. The number of carbonyl (C=O) groups excluding carboxylic acids is 1. The van der Waals surface area contributed by atoms with Gasteiger partial charge in [-0.15, -0.1) is 5.10 Å². The minimum Gasteiger partial charge on any atom is -0.493 e. The zero-order valence-corrected chi connectivity index (χ0v) is 20.0. The number of hydrogen-bond acceptors (Lipinski definition) is 7. The van der Waals surface area contributed by atoms with Crippen LogP contribution in [0, 0.1) is 0 Å². The molecular formula is C24H29N7O3. The largest absolute Gasteiger partial charge is 0.493 e. The maximum Gasteiger partial charge on any atom is 0.257 e. The van der Waals surface area contributed by atoms with E-state index in [1.807, 2.05) is 55.2 Å². The zero-order chi connectivity index (χ0) is 24.2. The van der Waals surface area contributed by atoms with Crippen LogP contribution in [-0.4, -0.2) is 50.7 Å². The summed E-state index contributed by atoms with van der Waals surface area (Å²) in [6, 6.07) is 11.8. The number of anilines is 2. The quantitative estimate of drug-likeness (QED) is 0.390. The Morgan fingerprint density at radius 3 is 2.71 bits per heavy atom. The van der Waals surface area contributed by atoms with Gasteiger partial charge < -0.3 is 20.1 Å². The average molecular weight is 464 g/mol. The third-order valence-corrected chi connectivity index (χ3v) is 5.26. The fraction of sp³-hybridized carbons (Fsp3) is 0.333. The topological polar surface area (TPSA) is 108 Å². The van der Waals surface area contributed by atoms with Crippen LogP contribution >= 0.6 is 0 Å². The number of nitrogens with one attached hydrogen (secondary N) is 2. The van der Waals surface area contributed by atoms with Crippen molar-refractivity contribution in [3.05, 3.63) is 42.6 Å². The molecule has 2 aromatic heterocycles. The molecule has 2 heterocycles. The Bertz CT molecular complexity index is 1310. The molecule has 0 atom stereocenters. The molecule has 1 amide bonds. The third kappa shape index (κ3) is 4.80. The van der Waals surface area contributed by atoms with Gasteiger partial charge in [-0.3, -0.25) is 9.48 Å². The smallest absolute Gasteiger partial charge is 0.257 e. The first-order valence-corrected chi connectivity index (χ1v) is 11.1. The van der Waals surface area contributed by atoms with Gasteiger partial charge in [0.2, 0.25) is 5.95 Å². The van der Waals surface area contributed by atoms with E-state index in [1.54, 1.807) is 17.9 Å². The van der Waals surface area contributed by atoms with Crippen molar-refractivity contribution < 1.29 is 14.3 Å². The fourth-order valence-electron chi connectivity index (χ4n) is 3.68. The maximum atomic E-state index is 11.7. The van der Waals surface area contributed by atoms with Crippen molar-refractivity contribution in [2.45, 2.75) is 26.8 Å². The number of aromatic nitrogens is 5. The molecule has 0 aliphatic rings. The van der Waals surface area contributed by atoms with Crippen LogP contribution in [0.1, 0.15) is 26.8 Å². The lowest BCUT2D eigenvalue weighted by Gasteiger charge is -2.11. The lowest BCUT2D eigenvalue weighted by atomic mass is 10.2. The van der Waals surface area contributed by atoms with E-state index < -0.39 is 0 Å². The molecule has 34 heavy (non-hydrogen) atoms. The Kier molecular flexibility index (Phi) is 6.67. The predicted molar refractivity (Wildman–Crippen MR) is 131 cm³/mol. The second-order valence-electron chi connectivity index (χ2n) is 8.07. The first kappa shape index (κ1) is 23.1. The molecule has 0 spiro atoms. The second kappa shape index (κ2) is 9.82. The lowest BCUT2D eigenvalue weighted by molar-refractivity contribution is -0.123. The molecular weight excluding hydrogens is 434 g/mol. The molecule has 10 nitrogen and oxygen atoms in total. The second-order valence-corrected chi connectivity index (χ2v) is 8.07. The van der Waals surface area contributed by atoms with Crippen LogP contribution < -0.4 is 20.1 Å². The summed E-state index contributed by atoms with van der Waals surface area (Å²) in [4.78, 5) is 16.3. The van der Waals surface area contributed by atoms with Crippen LogP contribution in [0.25, 0.3) is 22.3 Å². The van der Waals surface area contributed by atoms with E-state index >= 15 is 0 Å². The van der Waals surface area contributed by atoms with Crippen molar-refractivity contribution in [2.24, 2.45) is 7.05 Å². The average Bonchev–Trinajstić information content (AvgIpc) is 3.40. The molecule has 0 bridgehead atoms. The van der Waals surface area contributed by atoms with E-state index in [0.717, 1.165) is 22.2 Å². The van der Waals surface area contributed by atoms with Crippen LogP contribution in [0.2, 0.25) is 0 Å². The molecule has 0 fully saturated rings. The van der Waals surface area contributed by atoms with Gasteiger partial charge in [-0.05, 0) is 57.2 Å². The Hall–Kier alpha value is -4.08. The van der Waals surface area contributed by atoms with E-state index in [4.69, 9.17) is 9.47 Å². The molecule has 0 saturated carbocycles. The Balaban J connectivity index is 1.53. The zero-order valence-electron chi connectivity index (χ0n) is 20.0. The summed E-state index contributed by atoms with van der Waals surface area (Å²) in [5.74, 6) is 1.93. The Morgan fingerprint density at radius 2 is 1.97 bits per heavy atom. The number of nitrogens with zero attached hydrogens (tertiary/aromatic N) is 5. The number of aryl methyl sites for hydroxylation is 1. The summed E-state index contributed by atoms with van der Waals surface area (Å²) in [5, 5.41) is 16.0. The van der Waals surface area contributed by atoms with Gasteiger partial charge >= 0.3 is 0 Å². The van der Waals surface area contributed by atoms with Crippen molar-refractivity contribution in [1.29, 1.82) is 0 Å². The van der Waals surface area contributed by atoms with Crippen molar-refractivity contribution >= 4 is 28.4 Å². The monoisotopic (exact) mass is 463 g/mol. The molecule has 178 valence electrons. The maximum absolute atomic E-state index is 11.7. The number of benzene rings is 2. The van der Waals surface area contributed by atoms with Gasteiger partial charge in [0.15, 0.2) is 23.9 Å². The number of hydrogen-bond donors (Lipinski definition) is 2. The molecule has 0 unspecified atom stereocenters. The van der Waals surface area contributed by atoms with E-state index in [9.17, 15) is 4.79 Å². The van der Waals surface area contributed by atoms with Crippen LogP contribution in [0.4, 0.5) is 11.6 Å². The van der Waals surface area contributed by atoms with Gasteiger partial charge in [-0.2, -0.15) is 10.1 Å². The van der Waals surface area contributed by atoms with Gasteiger partial charge in [0.1, 0.15) is 0 Å². The van der Waals surface area contributed by atoms with Crippen molar-refractivity contribution in [1.82, 2.24) is 29.9 Å². The number of methoxy groups -OCH3 is 1. The summed E-state index contributed by atoms with van der Waals surface area (Å²) in [6.07, 6.45) is 1.86. The normalized spacial score (nSPS) is 11.1. The molecule has 0 aliphatic heterocycles. The highest BCUT2D eigenvalue weighted by Crippen LogP contribution is 2.32. The van der Waals surface area contributed by atoms with Crippen molar-refractivity contribution in [2.75, 3.05) is 25.6 Å².